The van der Waals surface area contributed by atoms with Crippen LogP contribution in [0.5, 0.6) is 0 Å². The first-order chi connectivity index (χ1) is 12.3. The third-order valence-electron chi connectivity index (χ3n) is 5.69. The van der Waals surface area contributed by atoms with Gasteiger partial charge in [0.15, 0.2) is 0 Å². The largest absolute Gasteiger partial charge is 0.352 e. The third kappa shape index (κ3) is 5.07. The van der Waals surface area contributed by atoms with Crippen LogP contribution >= 0.6 is 0 Å². The van der Waals surface area contributed by atoms with Crippen LogP contribution in [0, 0.1) is 17.8 Å². The van der Waals surface area contributed by atoms with Crippen LogP contribution in [0.3, 0.4) is 0 Å². The second-order valence-corrected chi connectivity index (χ2v) is 9.97. The molecule has 0 radical (unpaired) electrons. The van der Waals surface area contributed by atoms with E-state index in [2.05, 4.69) is 10.0 Å². The molecule has 2 N–H and O–H groups in total. The van der Waals surface area contributed by atoms with E-state index in [1.165, 1.54) is 25.7 Å². The average Bonchev–Trinajstić information content (AvgIpc) is 3.15. The Hall–Kier alpha value is -1.40. The molecule has 0 heterocycles. The minimum atomic E-state index is -3.38. The molecule has 0 saturated heterocycles. The number of hydrogen-bond acceptors (Lipinski definition) is 3. The summed E-state index contributed by atoms with van der Waals surface area (Å²) in [6.07, 6.45) is 5.74. The van der Waals surface area contributed by atoms with Gasteiger partial charge in [-0.1, -0.05) is 30.7 Å². The summed E-state index contributed by atoms with van der Waals surface area (Å²) in [5.74, 6) is 2.14. The zero-order chi connectivity index (χ0) is 18.7. The van der Waals surface area contributed by atoms with Crippen molar-refractivity contribution in [2.75, 3.05) is 0 Å². The third-order valence-corrected chi connectivity index (χ3v) is 7.21. The van der Waals surface area contributed by atoms with Crippen molar-refractivity contribution in [1.29, 1.82) is 0 Å². The van der Waals surface area contributed by atoms with Gasteiger partial charge in [0.2, 0.25) is 15.9 Å². The maximum absolute atomic E-state index is 12.3. The van der Waals surface area contributed by atoms with Gasteiger partial charge in [-0.2, -0.15) is 0 Å². The van der Waals surface area contributed by atoms with Crippen molar-refractivity contribution in [3.8, 4) is 0 Å². The summed E-state index contributed by atoms with van der Waals surface area (Å²) < 4.78 is 27.0. The van der Waals surface area contributed by atoms with E-state index in [0.29, 0.717) is 18.9 Å². The standard InChI is InChI=1S/C20H30N2O3S/c1-14(2)22-26(24,25)13-18-6-4-3-5-17(18)12-21-20(23)11-19-10-15-7-8-16(19)9-15/h3-6,14-16,19,22H,7-13H2,1-2H3,(H,21,23). The van der Waals surface area contributed by atoms with Crippen molar-refractivity contribution >= 4 is 15.9 Å². The molecular formula is C20H30N2O3S. The Morgan fingerprint density at radius 1 is 1.15 bits per heavy atom. The smallest absolute Gasteiger partial charge is 0.220 e. The molecule has 2 fully saturated rings. The quantitative estimate of drug-likeness (QED) is 0.730. The van der Waals surface area contributed by atoms with Gasteiger partial charge in [-0.15, -0.1) is 0 Å². The van der Waals surface area contributed by atoms with E-state index in [1.807, 2.05) is 24.3 Å². The van der Waals surface area contributed by atoms with E-state index in [-0.39, 0.29) is 17.7 Å². The van der Waals surface area contributed by atoms with Gasteiger partial charge in [0.25, 0.3) is 0 Å². The van der Waals surface area contributed by atoms with E-state index in [0.717, 1.165) is 23.0 Å². The lowest BCUT2D eigenvalue weighted by Gasteiger charge is -2.21. The fraction of sp³-hybridized carbons (Fsp3) is 0.650. The molecule has 3 unspecified atom stereocenters. The number of fused-ring (bicyclic) bond motifs is 2. The maximum Gasteiger partial charge on any atom is 0.220 e. The first kappa shape index (κ1) is 19.4. The Morgan fingerprint density at radius 3 is 2.50 bits per heavy atom. The molecule has 2 bridgehead atoms. The molecular weight excluding hydrogens is 348 g/mol. The summed E-state index contributed by atoms with van der Waals surface area (Å²) in [7, 11) is -3.38. The van der Waals surface area contributed by atoms with Crippen LogP contribution in [0.1, 0.15) is 57.1 Å². The Kier molecular flexibility index (Phi) is 6.03. The highest BCUT2D eigenvalue weighted by Gasteiger charge is 2.40. The fourth-order valence-corrected chi connectivity index (χ4v) is 6.10. The Morgan fingerprint density at radius 2 is 1.88 bits per heavy atom. The van der Waals surface area contributed by atoms with Crippen molar-refractivity contribution < 1.29 is 13.2 Å². The van der Waals surface area contributed by atoms with Crippen LogP contribution in [0.25, 0.3) is 0 Å². The first-order valence-corrected chi connectivity index (χ1v) is 11.3. The lowest BCUT2D eigenvalue weighted by Crippen LogP contribution is -2.32. The monoisotopic (exact) mass is 378 g/mol. The second-order valence-electron chi connectivity index (χ2n) is 8.22. The molecule has 1 aromatic rings. The number of hydrogen-bond donors (Lipinski definition) is 2. The lowest BCUT2D eigenvalue weighted by molar-refractivity contribution is -0.122. The topological polar surface area (TPSA) is 75.3 Å². The predicted octanol–water partition coefficient (Wildman–Crippen LogP) is 2.96. The SMILES string of the molecule is CC(C)NS(=O)(=O)Cc1ccccc1CNC(=O)CC1CC2CCC1C2. The summed E-state index contributed by atoms with van der Waals surface area (Å²) >= 11 is 0. The zero-order valence-electron chi connectivity index (χ0n) is 15.7. The minimum absolute atomic E-state index is 0.0659. The molecule has 2 aliphatic rings. The van der Waals surface area contributed by atoms with Crippen LogP contribution in [0.4, 0.5) is 0 Å². The lowest BCUT2D eigenvalue weighted by atomic mass is 9.86. The van der Waals surface area contributed by atoms with Crippen LogP contribution in [-0.2, 0) is 27.1 Å². The number of carbonyl (C=O) groups excluding carboxylic acids is 1. The number of carbonyl (C=O) groups is 1. The molecule has 26 heavy (non-hydrogen) atoms. The number of amides is 1. The number of sulfonamides is 1. The predicted molar refractivity (Wildman–Crippen MR) is 103 cm³/mol. The molecule has 1 amide bonds. The van der Waals surface area contributed by atoms with Gasteiger partial charge >= 0.3 is 0 Å². The van der Waals surface area contributed by atoms with E-state index in [4.69, 9.17) is 0 Å². The molecule has 2 saturated carbocycles. The highest BCUT2D eigenvalue weighted by atomic mass is 32.2. The average molecular weight is 379 g/mol. The van der Waals surface area contributed by atoms with Crippen LogP contribution in [0.2, 0.25) is 0 Å². The normalized spacial score (nSPS) is 25.0. The van der Waals surface area contributed by atoms with Gasteiger partial charge in [-0.05, 0) is 62.0 Å². The highest BCUT2D eigenvalue weighted by Crippen LogP contribution is 2.49. The molecule has 0 aliphatic heterocycles. The number of rotatable bonds is 8. The second kappa shape index (κ2) is 8.09. The van der Waals surface area contributed by atoms with Crippen molar-refractivity contribution in [1.82, 2.24) is 10.0 Å². The fourth-order valence-electron chi connectivity index (χ4n) is 4.61. The summed E-state index contributed by atoms with van der Waals surface area (Å²) in [4.78, 5) is 12.3. The molecule has 144 valence electrons. The number of benzene rings is 1. The van der Waals surface area contributed by atoms with Gasteiger partial charge in [0.05, 0.1) is 5.75 Å². The van der Waals surface area contributed by atoms with E-state index >= 15 is 0 Å². The Labute approximate surface area is 157 Å². The Bertz CT molecular complexity index is 745. The molecule has 6 heteroatoms. The number of nitrogens with one attached hydrogen (secondary N) is 2. The van der Waals surface area contributed by atoms with Crippen molar-refractivity contribution in [3.63, 3.8) is 0 Å². The molecule has 3 atom stereocenters. The van der Waals surface area contributed by atoms with Crippen molar-refractivity contribution in [3.05, 3.63) is 35.4 Å². The van der Waals surface area contributed by atoms with Crippen LogP contribution < -0.4 is 10.0 Å². The van der Waals surface area contributed by atoms with Gasteiger partial charge in [-0.3, -0.25) is 4.79 Å². The van der Waals surface area contributed by atoms with Crippen molar-refractivity contribution in [2.45, 2.75) is 64.3 Å². The zero-order valence-corrected chi connectivity index (χ0v) is 16.5. The van der Waals surface area contributed by atoms with Crippen LogP contribution in [-0.4, -0.2) is 20.4 Å². The first-order valence-electron chi connectivity index (χ1n) is 9.66. The molecule has 0 spiro atoms. The molecule has 5 nitrogen and oxygen atoms in total. The summed E-state index contributed by atoms with van der Waals surface area (Å²) in [6.45, 7) is 3.99. The van der Waals surface area contributed by atoms with E-state index in [1.54, 1.807) is 13.8 Å². The van der Waals surface area contributed by atoms with E-state index < -0.39 is 10.0 Å². The summed E-state index contributed by atoms with van der Waals surface area (Å²) in [5, 5.41) is 3.00. The highest BCUT2D eigenvalue weighted by molar-refractivity contribution is 7.88. The van der Waals surface area contributed by atoms with E-state index in [9.17, 15) is 13.2 Å². The van der Waals surface area contributed by atoms with Gasteiger partial charge in [0, 0.05) is 19.0 Å². The molecule has 2 aliphatic carbocycles. The van der Waals surface area contributed by atoms with Crippen LogP contribution in [0.15, 0.2) is 24.3 Å². The molecule has 1 aromatic carbocycles. The summed E-state index contributed by atoms with van der Waals surface area (Å²) in [5.41, 5.74) is 1.60. The molecule has 3 rings (SSSR count). The van der Waals surface area contributed by atoms with Gasteiger partial charge < -0.3 is 5.32 Å². The Balaban J connectivity index is 1.55. The van der Waals surface area contributed by atoms with Crippen molar-refractivity contribution in [2.24, 2.45) is 17.8 Å². The maximum atomic E-state index is 12.3. The van der Waals surface area contributed by atoms with Gasteiger partial charge in [0.1, 0.15) is 0 Å². The molecule has 0 aromatic heterocycles. The summed E-state index contributed by atoms with van der Waals surface area (Å²) in [6, 6.07) is 7.28. The minimum Gasteiger partial charge on any atom is -0.352 e. The van der Waals surface area contributed by atoms with Gasteiger partial charge in [-0.25, -0.2) is 13.1 Å².